The van der Waals surface area contributed by atoms with Crippen molar-refractivity contribution in [2.45, 2.75) is 37.8 Å². The molecule has 0 radical (unpaired) electrons. The lowest BCUT2D eigenvalue weighted by Crippen LogP contribution is -2.53. The minimum absolute atomic E-state index is 0.0392. The molecule has 242 valence electrons. The van der Waals surface area contributed by atoms with Crippen LogP contribution < -0.4 is 38.9 Å². The van der Waals surface area contributed by atoms with E-state index in [0.29, 0.717) is 22.3 Å². The van der Waals surface area contributed by atoms with E-state index in [9.17, 15) is 29.1 Å². The summed E-state index contributed by atoms with van der Waals surface area (Å²) in [5, 5.41) is 17.3. The van der Waals surface area contributed by atoms with Crippen LogP contribution in [0.2, 0.25) is 0 Å². The number of Topliss-reactive ketones (excluding diaryl/α,β-unsaturated/α-hetero) is 1. The number of carboxylic acids is 1. The van der Waals surface area contributed by atoms with E-state index in [0.717, 1.165) is 0 Å². The lowest BCUT2D eigenvalue weighted by molar-refractivity contribution is -0.142. The van der Waals surface area contributed by atoms with Crippen molar-refractivity contribution in [1.82, 2.24) is 16.0 Å². The summed E-state index contributed by atoms with van der Waals surface area (Å²) in [6.07, 6.45) is 0.693. The molecular weight excluding hydrogens is 650 g/mol. The van der Waals surface area contributed by atoms with Crippen molar-refractivity contribution in [1.29, 1.82) is 0 Å². The highest BCUT2D eigenvalue weighted by Crippen LogP contribution is 2.24. The van der Waals surface area contributed by atoms with Crippen molar-refractivity contribution in [2.75, 3.05) is 25.0 Å². The lowest BCUT2D eigenvalue weighted by atomic mass is 9.97. The third-order valence-electron chi connectivity index (χ3n) is 6.38. The summed E-state index contributed by atoms with van der Waals surface area (Å²) in [5.74, 6) is -3.58. The van der Waals surface area contributed by atoms with E-state index in [1.165, 1.54) is 0 Å². The van der Waals surface area contributed by atoms with Crippen LogP contribution in [0, 0.1) is 0 Å². The number of rotatable bonds is 18. The zero-order chi connectivity index (χ0) is 33.4. The maximum absolute atomic E-state index is 13.1. The van der Waals surface area contributed by atoms with Crippen molar-refractivity contribution in [2.24, 2.45) is 32.9 Å². The van der Waals surface area contributed by atoms with Gasteiger partial charge in [-0.15, -0.1) is 0 Å². The number of alkyl halides is 1. The molecule has 45 heavy (non-hydrogen) atoms. The molecule has 1 unspecified atom stereocenters. The first kappa shape index (κ1) is 36.2. The van der Waals surface area contributed by atoms with E-state index in [4.69, 9.17) is 22.9 Å². The molecule has 0 aromatic heterocycles. The van der Waals surface area contributed by atoms with E-state index in [-0.39, 0.29) is 61.8 Å². The van der Waals surface area contributed by atoms with E-state index < -0.39 is 42.3 Å². The molecule has 12 N–H and O–H groups in total. The Labute approximate surface area is 268 Å². The van der Waals surface area contributed by atoms with Crippen LogP contribution in [0.3, 0.4) is 0 Å². The molecular formula is C29H38BrN9O6. The summed E-state index contributed by atoms with van der Waals surface area (Å²) in [6.45, 7) is -0.127. The van der Waals surface area contributed by atoms with Crippen LogP contribution in [0.1, 0.15) is 46.4 Å². The number of hydrogen-bond donors (Lipinski definition) is 8. The van der Waals surface area contributed by atoms with Crippen molar-refractivity contribution >= 4 is 57.3 Å². The summed E-state index contributed by atoms with van der Waals surface area (Å²) in [6, 6.07) is 11.2. The number of carbonyl (C=O) groups is 5. The Balaban J connectivity index is 2.09. The molecule has 0 saturated heterocycles. The lowest BCUT2D eigenvalue weighted by Gasteiger charge is -2.21. The molecule has 0 aliphatic rings. The quantitative estimate of drug-likeness (QED) is 0.0337. The van der Waals surface area contributed by atoms with Gasteiger partial charge in [0, 0.05) is 24.2 Å². The molecule has 0 heterocycles. The van der Waals surface area contributed by atoms with E-state index >= 15 is 0 Å². The molecule has 0 saturated carbocycles. The zero-order valence-corrected chi connectivity index (χ0v) is 26.1. The third-order valence-corrected chi connectivity index (χ3v) is 6.89. The molecule has 0 aliphatic heterocycles. The summed E-state index contributed by atoms with van der Waals surface area (Å²) in [7, 11) is 0. The van der Waals surface area contributed by atoms with Gasteiger partial charge in [0.2, 0.25) is 11.8 Å². The predicted octanol–water partition coefficient (Wildman–Crippen LogP) is -0.178. The van der Waals surface area contributed by atoms with Crippen LogP contribution in [0.25, 0.3) is 11.1 Å². The topological polar surface area (TPSA) is 270 Å². The Kier molecular flexibility index (Phi) is 15.0. The average molecular weight is 689 g/mol. The normalized spacial score (nSPS) is 11.8. The number of amides is 3. The smallest absolute Gasteiger partial charge is 0.326 e. The average Bonchev–Trinajstić information content (AvgIpc) is 3.01. The monoisotopic (exact) mass is 687 g/mol. The molecule has 0 fully saturated rings. The standard InChI is InChI=1S/C29H38BrN9O6/c30-15-23(40)18-11-9-17(10-12-18)19-5-1-2-6-20(19)25(42)37-16-24(41)38-21(7-3-13-35-28(31)32)26(43)39-22(27(44)45)8-4-14-36-29(33)34/h1-2,5-6,9-12,21-22H,3-4,7-8,13-16H2,(H,37,42)(H,38,41)(H,39,43)(H,44,45)(H4,31,32,35)(H4,33,34,36)/t21-,22?/m0/s1. The summed E-state index contributed by atoms with van der Waals surface area (Å²) in [4.78, 5) is 70.3. The number of guanidine groups is 2. The number of nitrogens with zero attached hydrogens (tertiary/aromatic N) is 2. The second-order valence-corrected chi connectivity index (χ2v) is 10.3. The minimum atomic E-state index is -1.27. The fourth-order valence-electron chi connectivity index (χ4n) is 4.15. The molecule has 2 aromatic rings. The summed E-state index contributed by atoms with van der Waals surface area (Å²) in [5.41, 5.74) is 23.3. The number of benzene rings is 2. The third kappa shape index (κ3) is 12.6. The number of nitrogens with two attached hydrogens (primary N) is 4. The molecule has 0 aliphatic carbocycles. The summed E-state index contributed by atoms with van der Waals surface area (Å²) < 4.78 is 0. The van der Waals surface area contributed by atoms with Crippen molar-refractivity contribution < 1.29 is 29.1 Å². The fraction of sp³-hybridized carbons (Fsp3) is 0.345. The van der Waals surface area contributed by atoms with Gasteiger partial charge in [-0.3, -0.25) is 29.2 Å². The summed E-state index contributed by atoms with van der Waals surface area (Å²) >= 11 is 3.14. The van der Waals surface area contributed by atoms with Crippen LogP contribution in [0.4, 0.5) is 0 Å². The zero-order valence-electron chi connectivity index (χ0n) is 24.5. The molecule has 16 heteroatoms. The largest absolute Gasteiger partial charge is 0.480 e. The maximum atomic E-state index is 13.1. The number of carbonyl (C=O) groups excluding carboxylic acids is 4. The Hall–Kier alpha value is -4.99. The first-order valence-electron chi connectivity index (χ1n) is 13.9. The van der Waals surface area contributed by atoms with Gasteiger partial charge in [0.15, 0.2) is 17.7 Å². The Morgan fingerprint density at radius 3 is 1.93 bits per heavy atom. The van der Waals surface area contributed by atoms with Crippen molar-refractivity contribution in [3.63, 3.8) is 0 Å². The Morgan fingerprint density at radius 2 is 1.38 bits per heavy atom. The number of ketones is 1. The highest BCUT2D eigenvalue weighted by Gasteiger charge is 2.26. The number of hydrogen-bond acceptors (Lipinski definition) is 7. The van der Waals surface area contributed by atoms with Crippen LogP contribution >= 0.6 is 15.9 Å². The fourth-order valence-corrected chi connectivity index (χ4v) is 4.48. The van der Waals surface area contributed by atoms with Crippen LogP contribution in [-0.4, -0.2) is 83.5 Å². The highest BCUT2D eigenvalue weighted by atomic mass is 79.9. The van der Waals surface area contributed by atoms with E-state index in [1.807, 2.05) is 0 Å². The molecule has 3 amide bonds. The van der Waals surface area contributed by atoms with Gasteiger partial charge in [-0.05, 0) is 42.9 Å². The maximum Gasteiger partial charge on any atom is 0.326 e. The van der Waals surface area contributed by atoms with Gasteiger partial charge >= 0.3 is 5.97 Å². The Morgan fingerprint density at radius 1 is 0.800 bits per heavy atom. The number of nitrogens with one attached hydrogen (secondary N) is 3. The number of aliphatic carboxylic acids is 1. The van der Waals surface area contributed by atoms with Crippen molar-refractivity contribution in [3.8, 4) is 11.1 Å². The number of carboxylic acid groups (broad SMARTS) is 1. The SMILES string of the molecule is NC(N)=NCCCC(NC(=O)[C@H](CCCN=C(N)N)NC(=O)CNC(=O)c1ccccc1-c1ccc(C(=O)CBr)cc1)C(=O)O. The van der Waals surface area contributed by atoms with Gasteiger partial charge in [-0.25, -0.2) is 4.79 Å². The van der Waals surface area contributed by atoms with Gasteiger partial charge in [0.1, 0.15) is 12.1 Å². The van der Waals surface area contributed by atoms with Crippen LogP contribution in [0.15, 0.2) is 58.5 Å². The molecule has 2 rings (SSSR count). The molecule has 2 aromatic carbocycles. The number of halogens is 1. The molecule has 0 bridgehead atoms. The highest BCUT2D eigenvalue weighted by molar-refractivity contribution is 9.09. The molecule has 15 nitrogen and oxygen atoms in total. The first-order valence-corrected chi connectivity index (χ1v) is 15.0. The van der Waals surface area contributed by atoms with Crippen molar-refractivity contribution in [3.05, 3.63) is 59.7 Å². The second-order valence-electron chi connectivity index (χ2n) is 9.78. The first-order chi connectivity index (χ1) is 21.4. The van der Waals surface area contributed by atoms with E-state index in [2.05, 4.69) is 41.9 Å². The van der Waals surface area contributed by atoms with Gasteiger partial charge in [-0.2, -0.15) is 0 Å². The molecule has 2 atom stereocenters. The van der Waals surface area contributed by atoms with E-state index in [1.54, 1.807) is 48.5 Å². The second kappa shape index (κ2) is 18.6. The van der Waals surface area contributed by atoms with Gasteiger partial charge < -0.3 is 44.0 Å². The molecule has 0 spiro atoms. The minimum Gasteiger partial charge on any atom is -0.480 e. The van der Waals surface area contributed by atoms with Gasteiger partial charge in [0.05, 0.1) is 11.9 Å². The van der Waals surface area contributed by atoms with Gasteiger partial charge in [-0.1, -0.05) is 58.4 Å². The van der Waals surface area contributed by atoms with Crippen LogP contribution in [0.5, 0.6) is 0 Å². The van der Waals surface area contributed by atoms with Gasteiger partial charge in [0.25, 0.3) is 5.91 Å². The predicted molar refractivity (Wildman–Crippen MR) is 174 cm³/mol. The number of aliphatic imine (C=N–C) groups is 2. The Bertz CT molecular complexity index is 1410. The van der Waals surface area contributed by atoms with Crippen LogP contribution in [-0.2, 0) is 14.4 Å².